The minimum Gasteiger partial charge on any atom is -0.482 e. The molecule has 0 aliphatic heterocycles. The first kappa shape index (κ1) is 20.0. The second kappa shape index (κ2) is 8.07. The SMILES string of the molecule is Cc1ccc(CN(C)C(=O)COc2cc3oc(=O)cc(C)c3cc2Cl)c(C)c1. The summed E-state index contributed by atoms with van der Waals surface area (Å²) in [4.78, 5) is 25.7. The molecule has 0 fully saturated rings. The Labute approximate surface area is 168 Å². The summed E-state index contributed by atoms with van der Waals surface area (Å²) in [6.45, 7) is 6.20. The molecule has 0 unspecified atom stereocenters. The number of carbonyl (C=O) groups excluding carboxylic acids is 1. The maximum Gasteiger partial charge on any atom is 0.336 e. The van der Waals surface area contributed by atoms with Crippen LogP contribution in [-0.2, 0) is 11.3 Å². The summed E-state index contributed by atoms with van der Waals surface area (Å²) in [5, 5.41) is 1.09. The largest absolute Gasteiger partial charge is 0.482 e. The van der Waals surface area contributed by atoms with E-state index in [4.69, 9.17) is 20.8 Å². The Bertz CT molecular complexity index is 1100. The molecule has 0 saturated heterocycles. The van der Waals surface area contributed by atoms with Gasteiger partial charge in [0.15, 0.2) is 6.61 Å². The third kappa shape index (κ3) is 4.37. The number of amides is 1. The van der Waals surface area contributed by atoms with Crippen LogP contribution in [0.1, 0.15) is 22.3 Å². The molecule has 0 bridgehead atoms. The van der Waals surface area contributed by atoms with Crippen molar-refractivity contribution in [3.63, 3.8) is 0 Å². The highest BCUT2D eigenvalue weighted by Crippen LogP contribution is 2.31. The first-order valence-electron chi connectivity index (χ1n) is 8.91. The summed E-state index contributed by atoms with van der Waals surface area (Å²) in [7, 11) is 1.73. The molecular weight excluding hydrogens is 378 g/mol. The summed E-state index contributed by atoms with van der Waals surface area (Å²) < 4.78 is 10.8. The lowest BCUT2D eigenvalue weighted by molar-refractivity contribution is -0.132. The van der Waals surface area contributed by atoms with Gasteiger partial charge in [-0.2, -0.15) is 0 Å². The third-order valence-electron chi connectivity index (χ3n) is 4.69. The standard InChI is InChI=1S/C22H22ClNO4/c1-13-5-6-16(14(2)7-13)11-24(4)21(25)12-27-20-10-19-17(9-18(20)23)15(3)8-22(26)28-19/h5-10H,11-12H2,1-4H3. The van der Waals surface area contributed by atoms with Crippen LogP contribution in [0.5, 0.6) is 5.75 Å². The molecule has 28 heavy (non-hydrogen) atoms. The molecule has 6 heteroatoms. The van der Waals surface area contributed by atoms with Gasteiger partial charge in [-0.05, 0) is 43.5 Å². The molecule has 1 amide bonds. The topological polar surface area (TPSA) is 59.8 Å². The van der Waals surface area contributed by atoms with Gasteiger partial charge in [0.25, 0.3) is 5.91 Å². The number of carbonyl (C=O) groups is 1. The zero-order valence-corrected chi connectivity index (χ0v) is 17.1. The lowest BCUT2D eigenvalue weighted by Gasteiger charge is -2.19. The fraction of sp³-hybridized carbons (Fsp3) is 0.273. The highest BCUT2D eigenvalue weighted by atomic mass is 35.5. The molecule has 0 radical (unpaired) electrons. The van der Waals surface area contributed by atoms with Gasteiger partial charge >= 0.3 is 5.63 Å². The van der Waals surface area contributed by atoms with E-state index in [2.05, 4.69) is 6.07 Å². The number of halogens is 1. The van der Waals surface area contributed by atoms with E-state index >= 15 is 0 Å². The zero-order chi connectivity index (χ0) is 20.4. The number of hydrogen-bond acceptors (Lipinski definition) is 4. The molecule has 3 rings (SSSR count). The fourth-order valence-electron chi connectivity index (χ4n) is 3.05. The molecule has 0 aliphatic rings. The fourth-order valence-corrected chi connectivity index (χ4v) is 3.27. The average molecular weight is 400 g/mol. The number of benzene rings is 2. The summed E-state index contributed by atoms with van der Waals surface area (Å²) in [5.41, 5.74) is 4.12. The monoisotopic (exact) mass is 399 g/mol. The van der Waals surface area contributed by atoms with Crippen LogP contribution in [0.25, 0.3) is 11.0 Å². The Hall–Kier alpha value is -2.79. The van der Waals surface area contributed by atoms with Crippen LogP contribution in [-0.4, -0.2) is 24.5 Å². The Balaban J connectivity index is 1.71. The van der Waals surface area contributed by atoms with Crippen LogP contribution in [0.2, 0.25) is 5.02 Å². The van der Waals surface area contributed by atoms with Crippen molar-refractivity contribution in [1.82, 2.24) is 4.90 Å². The molecule has 5 nitrogen and oxygen atoms in total. The van der Waals surface area contributed by atoms with Crippen LogP contribution in [0.4, 0.5) is 0 Å². The summed E-state index contributed by atoms with van der Waals surface area (Å²) in [5.74, 6) is 0.123. The van der Waals surface area contributed by atoms with E-state index in [1.807, 2.05) is 32.9 Å². The normalized spacial score (nSPS) is 10.9. The van der Waals surface area contributed by atoms with Gasteiger partial charge in [-0.3, -0.25) is 4.79 Å². The van der Waals surface area contributed by atoms with Crippen molar-refractivity contribution in [2.75, 3.05) is 13.7 Å². The molecule has 0 N–H and O–H groups in total. The predicted molar refractivity (Wildman–Crippen MR) is 110 cm³/mol. The number of hydrogen-bond donors (Lipinski definition) is 0. The van der Waals surface area contributed by atoms with Crippen molar-refractivity contribution in [1.29, 1.82) is 0 Å². The molecule has 2 aromatic carbocycles. The van der Waals surface area contributed by atoms with Crippen molar-refractivity contribution in [2.45, 2.75) is 27.3 Å². The predicted octanol–water partition coefficient (Wildman–Crippen LogP) is 4.41. The number of nitrogens with zero attached hydrogens (tertiary/aromatic N) is 1. The second-order valence-corrected chi connectivity index (χ2v) is 7.40. The Morgan fingerprint density at radius 1 is 1.11 bits per heavy atom. The number of likely N-dealkylation sites (N-methyl/N-ethyl adjacent to an activating group) is 1. The van der Waals surface area contributed by atoms with Gasteiger partial charge in [0.1, 0.15) is 11.3 Å². The van der Waals surface area contributed by atoms with Gasteiger partial charge < -0.3 is 14.1 Å². The summed E-state index contributed by atoms with van der Waals surface area (Å²) in [6.07, 6.45) is 0. The van der Waals surface area contributed by atoms with Crippen molar-refractivity contribution in [2.24, 2.45) is 0 Å². The Morgan fingerprint density at radius 2 is 1.86 bits per heavy atom. The van der Waals surface area contributed by atoms with Crippen LogP contribution in [0.15, 0.2) is 45.6 Å². The summed E-state index contributed by atoms with van der Waals surface area (Å²) >= 11 is 6.27. The van der Waals surface area contributed by atoms with E-state index in [9.17, 15) is 9.59 Å². The third-order valence-corrected chi connectivity index (χ3v) is 4.98. The van der Waals surface area contributed by atoms with Crippen molar-refractivity contribution in [3.8, 4) is 5.75 Å². The van der Waals surface area contributed by atoms with Crippen LogP contribution in [0.3, 0.4) is 0 Å². The lowest BCUT2D eigenvalue weighted by atomic mass is 10.1. The maximum absolute atomic E-state index is 12.5. The summed E-state index contributed by atoms with van der Waals surface area (Å²) in [6, 6.07) is 10.8. The molecule has 0 atom stereocenters. The lowest BCUT2D eigenvalue weighted by Crippen LogP contribution is -2.31. The van der Waals surface area contributed by atoms with E-state index < -0.39 is 5.63 Å². The number of rotatable bonds is 5. The molecule has 0 spiro atoms. The van der Waals surface area contributed by atoms with Gasteiger partial charge in [0, 0.05) is 31.1 Å². The minimum absolute atomic E-state index is 0.164. The van der Waals surface area contributed by atoms with Gasteiger partial charge in [0.2, 0.25) is 0 Å². The van der Waals surface area contributed by atoms with E-state index in [1.54, 1.807) is 24.1 Å². The second-order valence-electron chi connectivity index (χ2n) is 7.00. The average Bonchev–Trinajstić information content (AvgIpc) is 2.62. The smallest absolute Gasteiger partial charge is 0.336 e. The zero-order valence-electron chi connectivity index (χ0n) is 16.3. The number of aryl methyl sites for hydroxylation is 3. The molecular formula is C22H22ClNO4. The van der Waals surface area contributed by atoms with E-state index in [-0.39, 0.29) is 12.5 Å². The molecule has 0 aliphatic carbocycles. The molecule has 1 heterocycles. The van der Waals surface area contributed by atoms with Crippen LogP contribution >= 0.6 is 11.6 Å². The van der Waals surface area contributed by atoms with Crippen molar-refractivity contribution < 1.29 is 13.9 Å². The molecule has 0 saturated carbocycles. The maximum atomic E-state index is 12.5. The van der Waals surface area contributed by atoms with Gasteiger partial charge in [-0.1, -0.05) is 35.4 Å². The first-order chi connectivity index (χ1) is 13.2. The highest BCUT2D eigenvalue weighted by molar-refractivity contribution is 6.32. The van der Waals surface area contributed by atoms with E-state index in [0.29, 0.717) is 22.9 Å². The van der Waals surface area contributed by atoms with Gasteiger partial charge in [-0.15, -0.1) is 0 Å². The van der Waals surface area contributed by atoms with E-state index in [0.717, 1.165) is 22.1 Å². The highest BCUT2D eigenvalue weighted by Gasteiger charge is 2.14. The number of ether oxygens (including phenoxy) is 1. The van der Waals surface area contributed by atoms with Gasteiger partial charge in [-0.25, -0.2) is 4.79 Å². The van der Waals surface area contributed by atoms with Crippen molar-refractivity contribution >= 4 is 28.5 Å². The number of fused-ring (bicyclic) bond motifs is 1. The first-order valence-corrected chi connectivity index (χ1v) is 9.29. The van der Waals surface area contributed by atoms with Crippen LogP contribution < -0.4 is 10.4 Å². The minimum atomic E-state index is -0.442. The molecule has 3 aromatic rings. The van der Waals surface area contributed by atoms with Crippen LogP contribution in [0, 0.1) is 20.8 Å². The Kier molecular flexibility index (Phi) is 5.75. The van der Waals surface area contributed by atoms with Gasteiger partial charge in [0.05, 0.1) is 5.02 Å². The molecule has 1 aromatic heterocycles. The van der Waals surface area contributed by atoms with E-state index in [1.165, 1.54) is 11.6 Å². The molecule has 146 valence electrons. The quantitative estimate of drug-likeness (QED) is 0.596. The Morgan fingerprint density at radius 3 is 2.57 bits per heavy atom. The van der Waals surface area contributed by atoms with Crippen molar-refractivity contribution in [3.05, 3.63) is 74.1 Å².